The summed E-state index contributed by atoms with van der Waals surface area (Å²) in [5.41, 5.74) is 2.14. The van der Waals surface area contributed by atoms with Crippen molar-refractivity contribution in [1.29, 1.82) is 0 Å². The van der Waals surface area contributed by atoms with E-state index >= 15 is 0 Å². The van der Waals surface area contributed by atoms with Crippen LogP contribution in [0, 0.1) is 0 Å². The molecule has 0 saturated heterocycles. The van der Waals surface area contributed by atoms with Gasteiger partial charge in [-0.1, -0.05) is 30.7 Å². The number of nitrogens with zero attached hydrogens (tertiary/aromatic N) is 1. The molecule has 2 rings (SSSR count). The molecule has 1 aromatic heterocycles. The zero-order chi connectivity index (χ0) is 17.4. The lowest BCUT2D eigenvalue weighted by molar-refractivity contribution is 0.268. The number of hydrogen-bond donors (Lipinski definition) is 1. The average Bonchev–Trinajstić information content (AvgIpc) is 2.60. The van der Waals surface area contributed by atoms with Gasteiger partial charge in [-0.2, -0.15) is 0 Å². The molecule has 1 N–H and O–H groups in total. The van der Waals surface area contributed by atoms with Crippen molar-refractivity contribution >= 4 is 36.4 Å². The standard InChI is InChI=1S/C19H25ClN2O2.2ClH/c1-4-14(3)21-11-15-6-8-17(18(10-15)23-5-2)24-13-16-7-9-19(20)22-12-16;;/h6-10,12,14,21H,4-5,11,13H2,1-3H3;2*1H. The largest absolute Gasteiger partial charge is 0.490 e. The summed E-state index contributed by atoms with van der Waals surface area (Å²) < 4.78 is 11.6. The van der Waals surface area contributed by atoms with Crippen LogP contribution in [0.3, 0.4) is 0 Å². The summed E-state index contributed by atoms with van der Waals surface area (Å²) in [6.45, 7) is 8.16. The van der Waals surface area contributed by atoms with E-state index in [0.29, 0.717) is 24.4 Å². The predicted molar refractivity (Wildman–Crippen MR) is 112 cm³/mol. The minimum absolute atomic E-state index is 0. The minimum Gasteiger partial charge on any atom is -0.490 e. The van der Waals surface area contributed by atoms with Crippen molar-refractivity contribution in [3.05, 3.63) is 52.8 Å². The summed E-state index contributed by atoms with van der Waals surface area (Å²) in [6.07, 6.45) is 2.82. The molecular formula is C19H27Cl3N2O2. The molecular weight excluding hydrogens is 395 g/mol. The molecule has 1 aromatic carbocycles. The molecule has 4 nitrogen and oxygen atoms in total. The van der Waals surface area contributed by atoms with Gasteiger partial charge in [-0.05, 0) is 44.0 Å². The van der Waals surface area contributed by atoms with Crippen LogP contribution in [0.25, 0.3) is 0 Å². The highest BCUT2D eigenvalue weighted by Gasteiger charge is 2.08. The third-order valence-electron chi connectivity index (χ3n) is 3.76. The number of pyridine rings is 1. The van der Waals surface area contributed by atoms with Gasteiger partial charge in [0, 0.05) is 24.3 Å². The number of nitrogens with one attached hydrogen (secondary N) is 1. The van der Waals surface area contributed by atoms with Gasteiger partial charge in [-0.3, -0.25) is 0 Å². The Balaban J connectivity index is 0.00000312. The summed E-state index contributed by atoms with van der Waals surface area (Å²) >= 11 is 5.80. The highest BCUT2D eigenvalue weighted by Crippen LogP contribution is 2.29. The Morgan fingerprint density at radius 3 is 2.38 bits per heavy atom. The highest BCUT2D eigenvalue weighted by atomic mass is 35.5. The van der Waals surface area contributed by atoms with Gasteiger partial charge in [-0.15, -0.1) is 24.8 Å². The SMILES string of the molecule is CCOc1cc(CNC(C)CC)ccc1OCc1ccc(Cl)nc1.Cl.Cl. The number of rotatable bonds is 9. The van der Waals surface area contributed by atoms with E-state index in [0.717, 1.165) is 30.0 Å². The number of benzene rings is 1. The monoisotopic (exact) mass is 420 g/mol. The number of hydrogen-bond acceptors (Lipinski definition) is 4. The van der Waals surface area contributed by atoms with Gasteiger partial charge in [0.25, 0.3) is 0 Å². The first-order valence-electron chi connectivity index (χ1n) is 8.34. The molecule has 0 aliphatic carbocycles. The van der Waals surface area contributed by atoms with Gasteiger partial charge < -0.3 is 14.8 Å². The molecule has 1 unspecified atom stereocenters. The summed E-state index contributed by atoms with van der Waals surface area (Å²) in [7, 11) is 0. The van der Waals surface area contributed by atoms with Crippen LogP contribution in [0.1, 0.15) is 38.3 Å². The van der Waals surface area contributed by atoms with E-state index in [1.165, 1.54) is 5.56 Å². The lowest BCUT2D eigenvalue weighted by Gasteiger charge is -2.15. The zero-order valence-electron chi connectivity index (χ0n) is 15.3. The quantitative estimate of drug-likeness (QED) is 0.547. The minimum atomic E-state index is 0. The van der Waals surface area contributed by atoms with Crippen molar-refractivity contribution in [1.82, 2.24) is 10.3 Å². The lowest BCUT2D eigenvalue weighted by atomic mass is 10.1. The molecule has 0 saturated carbocycles. The van der Waals surface area contributed by atoms with Crippen molar-refractivity contribution in [2.75, 3.05) is 6.61 Å². The van der Waals surface area contributed by atoms with E-state index < -0.39 is 0 Å². The summed E-state index contributed by atoms with van der Waals surface area (Å²) in [4.78, 5) is 4.06. The smallest absolute Gasteiger partial charge is 0.161 e. The highest BCUT2D eigenvalue weighted by molar-refractivity contribution is 6.29. The van der Waals surface area contributed by atoms with Crippen LogP contribution in [0.2, 0.25) is 5.15 Å². The molecule has 146 valence electrons. The Morgan fingerprint density at radius 2 is 1.77 bits per heavy atom. The van der Waals surface area contributed by atoms with E-state index in [1.54, 1.807) is 12.3 Å². The van der Waals surface area contributed by atoms with Crippen molar-refractivity contribution in [3.8, 4) is 11.5 Å². The number of halogens is 3. The molecule has 7 heteroatoms. The first-order chi connectivity index (χ1) is 11.6. The second-order valence-electron chi connectivity index (χ2n) is 5.68. The van der Waals surface area contributed by atoms with Gasteiger partial charge in [-0.25, -0.2) is 4.98 Å². The Labute approximate surface area is 173 Å². The van der Waals surface area contributed by atoms with Crippen LogP contribution in [-0.2, 0) is 13.2 Å². The summed E-state index contributed by atoms with van der Waals surface area (Å²) in [6, 6.07) is 10.2. The molecule has 26 heavy (non-hydrogen) atoms. The van der Waals surface area contributed by atoms with E-state index in [9.17, 15) is 0 Å². The molecule has 0 aliphatic heterocycles. The summed E-state index contributed by atoms with van der Waals surface area (Å²) in [5.74, 6) is 1.50. The average molecular weight is 422 g/mol. The van der Waals surface area contributed by atoms with Gasteiger partial charge in [0.15, 0.2) is 11.5 Å². The van der Waals surface area contributed by atoms with Crippen LogP contribution in [0.15, 0.2) is 36.5 Å². The third kappa shape index (κ3) is 8.00. The zero-order valence-corrected chi connectivity index (χ0v) is 17.7. The normalized spacial score (nSPS) is 11.1. The maximum atomic E-state index is 5.89. The van der Waals surface area contributed by atoms with Gasteiger partial charge in [0.1, 0.15) is 11.8 Å². The van der Waals surface area contributed by atoms with Crippen molar-refractivity contribution in [2.24, 2.45) is 0 Å². The van der Waals surface area contributed by atoms with Crippen LogP contribution >= 0.6 is 36.4 Å². The van der Waals surface area contributed by atoms with Crippen LogP contribution in [0.4, 0.5) is 0 Å². The van der Waals surface area contributed by atoms with Crippen LogP contribution < -0.4 is 14.8 Å². The van der Waals surface area contributed by atoms with Gasteiger partial charge in [0.05, 0.1) is 6.61 Å². The molecule has 1 atom stereocenters. The molecule has 0 amide bonds. The molecule has 0 fully saturated rings. The van der Waals surface area contributed by atoms with Crippen LogP contribution in [-0.4, -0.2) is 17.6 Å². The Morgan fingerprint density at radius 1 is 1.04 bits per heavy atom. The Hall–Kier alpha value is -1.20. The fourth-order valence-corrected chi connectivity index (χ4v) is 2.25. The van der Waals surface area contributed by atoms with Crippen molar-refractivity contribution in [2.45, 2.75) is 46.4 Å². The molecule has 0 bridgehead atoms. The maximum Gasteiger partial charge on any atom is 0.161 e. The van der Waals surface area contributed by atoms with Crippen molar-refractivity contribution < 1.29 is 9.47 Å². The van der Waals surface area contributed by atoms with E-state index in [4.69, 9.17) is 21.1 Å². The first-order valence-corrected chi connectivity index (χ1v) is 8.72. The second-order valence-corrected chi connectivity index (χ2v) is 6.07. The fourth-order valence-electron chi connectivity index (χ4n) is 2.14. The molecule has 0 spiro atoms. The topological polar surface area (TPSA) is 43.4 Å². The fraction of sp³-hybridized carbons (Fsp3) is 0.421. The van der Waals surface area contributed by atoms with Crippen LogP contribution in [0.5, 0.6) is 11.5 Å². The molecule has 1 heterocycles. The lowest BCUT2D eigenvalue weighted by Crippen LogP contribution is -2.24. The predicted octanol–water partition coefficient (Wildman–Crippen LogP) is 5.44. The molecule has 0 aliphatic rings. The Bertz CT molecular complexity index is 639. The first kappa shape index (κ1) is 24.8. The summed E-state index contributed by atoms with van der Waals surface area (Å²) in [5, 5.41) is 3.96. The molecule has 0 radical (unpaired) electrons. The van der Waals surface area contributed by atoms with E-state index in [-0.39, 0.29) is 24.8 Å². The molecule has 2 aromatic rings. The maximum absolute atomic E-state index is 5.89. The van der Waals surface area contributed by atoms with E-state index in [2.05, 4.69) is 30.2 Å². The van der Waals surface area contributed by atoms with Gasteiger partial charge >= 0.3 is 0 Å². The second kappa shape index (κ2) is 13.0. The van der Waals surface area contributed by atoms with Crippen molar-refractivity contribution in [3.63, 3.8) is 0 Å². The third-order valence-corrected chi connectivity index (χ3v) is 3.98. The number of ether oxygens (including phenoxy) is 2. The van der Waals surface area contributed by atoms with Gasteiger partial charge in [0.2, 0.25) is 0 Å². The number of aromatic nitrogens is 1. The Kier molecular flexibility index (Phi) is 12.4. The van der Waals surface area contributed by atoms with E-state index in [1.807, 2.05) is 25.1 Å².